The molecule has 1 aromatic rings. The quantitative estimate of drug-likeness (QED) is 0.894. The molecule has 1 aliphatic heterocycles. The maximum atomic E-state index is 6.11. The van der Waals surface area contributed by atoms with E-state index in [-0.39, 0.29) is 12.4 Å². The largest absolute Gasteiger partial charge is 0.317 e. The summed E-state index contributed by atoms with van der Waals surface area (Å²) in [4.78, 5) is 0. The van der Waals surface area contributed by atoms with Crippen LogP contribution in [-0.2, 0) is 6.54 Å². The molecule has 1 aliphatic rings. The lowest BCUT2D eigenvalue weighted by Crippen LogP contribution is -2.39. The monoisotopic (exact) mass is 294 g/mol. The molecule has 2 rings (SSSR count). The van der Waals surface area contributed by atoms with Gasteiger partial charge in [0.05, 0.1) is 0 Å². The molecule has 2 nitrogen and oxygen atoms in total. The van der Waals surface area contributed by atoms with Crippen LogP contribution in [0.2, 0.25) is 10.0 Å². The molecule has 2 N–H and O–H groups in total. The first-order chi connectivity index (χ1) is 7.75. The van der Waals surface area contributed by atoms with E-state index in [0.29, 0.717) is 11.1 Å². The molecular formula is C12H17Cl3N2. The third kappa shape index (κ3) is 4.65. The van der Waals surface area contributed by atoms with E-state index < -0.39 is 0 Å². The van der Waals surface area contributed by atoms with E-state index in [1.54, 1.807) is 6.07 Å². The summed E-state index contributed by atoms with van der Waals surface area (Å²) in [6.07, 6.45) is 2.37. The summed E-state index contributed by atoms with van der Waals surface area (Å²) >= 11 is 12.0. The van der Waals surface area contributed by atoms with Crippen molar-refractivity contribution in [1.29, 1.82) is 0 Å². The smallest absolute Gasteiger partial charge is 0.0465 e. The predicted molar refractivity (Wildman–Crippen MR) is 76.4 cm³/mol. The van der Waals surface area contributed by atoms with E-state index in [0.717, 1.165) is 30.2 Å². The van der Waals surface area contributed by atoms with Gasteiger partial charge in [-0.3, -0.25) is 0 Å². The molecule has 5 heteroatoms. The summed E-state index contributed by atoms with van der Waals surface area (Å²) < 4.78 is 0. The minimum atomic E-state index is 0. The minimum Gasteiger partial charge on any atom is -0.317 e. The van der Waals surface area contributed by atoms with E-state index in [2.05, 4.69) is 10.6 Å². The Bertz CT molecular complexity index is 352. The SMILES string of the molecule is Cl.Clc1ccc(CNC2CCNCC2)c(Cl)c1. The summed E-state index contributed by atoms with van der Waals surface area (Å²) in [5, 5.41) is 8.31. The number of benzene rings is 1. The number of piperidine rings is 1. The van der Waals surface area contributed by atoms with E-state index >= 15 is 0 Å². The fraction of sp³-hybridized carbons (Fsp3) is 0.500. The van der Waals surface area contributed by atoms with Gasteiger partial charge in [-0.05, 0) is 43.6 Å². The Morgan fingerprint density at radius 2 is 1.94 bits per heavy atom. The molecule has 0 bridgehead atoms. The number of halogens is 3. The molecular weight excluding hydrogens is 279 g/mol. The second kappa shape index (κ2) is 7.45. The van der Waals surface area contributed by atoms with Crippen LogP contribution in [0.1, 0.15) is 18.4 Å². The second-order valence-electron chi connectivity index (χ2n) is 4.14. The molecule has 0 aliphatic carbocycles. The van der Waals surface area contributed by atoms with Crippen molar-refractivity contribution in [3.63, 3.8) is 0 Å². The van der Waals surface area contributed by atoms with Crippen molar-refractivity contribution >= 4 is 35.6 Å². The topological polar surface area (TPSA) is 24.1 Å². The number of hydrogen-bond donors (Lipinski definition) is 2. The van der Waals surface area contributed by atoms with Crippen molar-refractivity contribution in [2.75, 3.05) is 13.1 Å². The van der Waals surface area contributed by atoms with Crippen molar-refractivity contribution in [2.45, 2.75) is 25.4 Å². The fourth-order valence-corrected chi connectivity index (χ4v) is 2.42. The molecule has 1 saturated heterocycles. The van der Waals surface area contributed by atoms with Crippen LogP contribution in [0.15, 0.2) is 18.2 Å². The molecule has 0 amide bonds. The molecule has 0 saturated carbocycles. The van der Waals surface area contributed by atoms with E-state index in [1.807, 2.05) is 12.1 Å². The molecule has 1 aromatic carbocycles. The molecule has 0 radical (unpaired) electrons. The maximum absolute atomic E-state index is 6.11. The van der Waals surface area contributed by atoms with Gasteiger partial charge < -0.3 is 10.6 Å². The van der Waals surface area contributed by atoms with Crippen LogP contribution in [0.4, 0.5) is 0 Å². The zero-order chi connectivity index (χ0) is 11.4. The summed E-state index contributed by atoms with van der Waals surface area (Å²) in [6, 6.07) is 6.27. The molecule has 0 spiro atoms. The standard InChI is InChI=1S/C12H16Cl2N2.ClH/c13-10-2-1-9(12(14)7-10)8-16-11-3-5-15-6-4-11;/h1-2,7,11,15-16H,3-6,8H2;1H. The molecule has 96 valence electrons. The first kappa shape index (κ1) is 15.1. The number of nitrogens with one attached hydrogen (secondary N) is 2. The lowest BCUT2D eigenvalue weighted by atomic mass is 10.1. The van der Waals surface area contributed by atoms with Crippen molar-refractivity contribution < 1.29 is 0 Å². The Morgan fingerprint density at radius 1 is 1.24 bits per heavy atom. The van der Waals surface area contributed by atoms with Crippen molar-refractivity contribution in [2.24, 2.45) is 0 Å². The van der Waals surface area contributed by atoms with Crippen LogP contribution in [0.3, 0.4) is 0 Å². The summed E-state index contributed by atoms with van der Waals surface area (Å²) in [7, 11) is 0. The van der Waals surface area contributed by atoms with Crippen LogP contribution in [-0.4, -0.2) is 19.1 Å². The highest BCUT2D eigenvalue weighted by molar-refractivity contribution is 6.35. The molecule has 0 atom stereocenters. The second-order valence-corrected chi connectivity index (χ2v) is 4.98. The summed E-state index contributed by atoms with van der Waals surface area (Å²) in [5.41, 5.74) is 1.12. The van der Waals surface area contributed by atoms with Gasteiger partial charge in [0.15, 0.2) is 0 Å². The molecule has 17 heavy (non-hydrogen) atoms. The van der Waals surface area contributed by atoms with Crippen LogP contribution >= 0.6 is 35.6 Å². The van der Waals surface area contributed by atoms with Crippen molar-refractivity contribution in [1.82, 2.24) is 10.6 Å². The molecule has 1 fully saturated rings. The predicted octanol–water partition coefficient (Wildman–Crippen LogP) is 3.26. The van der Waals surface area contributed by atoms with Gasteiger partial charge in [0, 0.05) is 22.6 Å². The van der Waals surface area contributed by atoms with Crippen LogP contribution in [0.5, 0.6) is 0 Å². The third-order valence-electron chi connectivity index (χ3n) is 2.94. The van der Waals surface area contributed by atoms with Crippen LogP contribution < -0.4 is 10.6 Å². The Kier molecular flexibility index (Phi) is 6.60. The zero-order valence-corrected chi connectivity index (χ0v) is 11.8. The normalized spacial score (nSPS) is 16.6. The van der Waals surface area contributed by atoms with Gasteiger partial charge in [0.2, 0.25) is 0 Å². The van der Waals surface area contributed by atoms with Crippen LogP contribution in [0, 0.1) is 0 Å². The molecule has 0 aromatic heterocycles. The number of hydrogen-bond acceptors (Lipinski definition) is 2. The average molecular weight is 296 g/mol. The minimum absolute atomic E-state index is 0. The lowest BCUT2D eigenvalue weighted by molar-refractivity contribution is 0.386. The maximum Gasteiger partial charge on any atom is 0.0465 e. The van der Waals surface area contributed by atoms with Crippen molar-refractivity contribution in [3.05, 3.63) is 33.8 Å². The van der Waals surface area contributed by atoms with Gasteiger partial charge in [-0.15, -0.1) is 12.4 Å². The van der Waals surface area contributed by atoms with Gasteiger partial charge in [-0.1, -0.05) is 29.3 Å². The van der Waals surface area contributed by atoms with Gasteiger partial charge in [0.25, 0.3) is 0 Å². The van der Waals surface area contributed by atoms with Gasteiger partial charge in [-0.2, -0.15) is 0 Å². The van der Waals surface area contributed by atoms with E-state index in [9.17, 15) is 0 Å². The summed E-state index contributed by atoms with van der Waals surface area (Å²) in [6.45, 7) is 3.03. The van der Waals surface area contributed by atoms with Gasteiger partial charge >= 0.3 is 0 Å². The first-order valence-electron chi connectivity index (χ1n) is 5.64. The third-order valence-corrected chi connectivity index (χ3v) is 3.52. The highest BCUT2D eigenvalue weighted by atomic mass is 35.5. The molecule has 1 heterocycles. The average Bonchev–Trinajstić information content (AvgIpc) is 2.29. The summed E-state index contributed by atoms with van der Waals surface area (Å²) in [5.74, 6) is 0. The fourth-order valence-electron chi connectivity index (χ4n) is 1.95. The first-order valence-corrected chi connectivity index (χ1v) is 6.39. The van der Waals surface area contributed by atoms with Gasteiger partial charge in [0.1, 0.15) is 0 Å². The lowest BCUT2D eigenvalue weighted by Gasteiger charge is -2.24. The zero-order valence-electron chi connectivity index (χ0n) is 9.51. The van der Waals surface area contributed by atoms with Crippen LogP contribution in [0.25, 0.3) is 0 Å². The highest BCUT2D eigenvalue weighted by Crippen LogP contribution is 2.21. The van der Waals surface area contributed by atoms with Crippen molar-refractivity contribution in [3.8, 4) is 0 Å². The Balaban J connectivity index is 0.00000144. The number of rotatable bonds is 3. The Hall–Kier alpha value is 0.01000. The van der Waals surface area contributed by atoms with Gasteiger partial charge in [-0.25, -0.2) is 0 Å². The van der Waals surface area contributed by atoms with E-state index in [1.165, 1.54) is 12.8 Å². The highest BCUT2D eigenvalue weighted by Gasteiger charge is 2.12. The molecule has 0 unspecified atom stereocenters. The Labute approximate surface area is 118 Å². The Morgan fingerprint density at radius 3 is 2.59 bits per heavy atom. The van der Waals surface area contributed by atoms with E-state index in [4.69, 9.17) is 23.2 Å².